The molecule has 1 aromatic carbocycles. The summed E-state index contributed by atoms with van der Waals surface area (Å²) in [6.45, 7) is 1.89. The van der Waals surface area contributed by atoms with Gasteiger partial charge in [0.1, 0.15) is 6.26 Å². The average Bonchev–Trinajstić information content (AvgIpc) is 2.87. The molecule has 0 saturated carbocycles. The van der Waals surface area contributed by atoms with Gasteiger partial charge in [-0.2, -0.15) is 13.2 Å². The van der Waals surface area contributed by atoms with Crippen LogP contribution in [-0.4, -0.2) is 17.6 Å². The van der Waals surface area contributed by atoms with Crippen molar-refractivity contribution in [3.8, 4) is 0 Å². The largest absolute Gasteiger partial charge is 0.461 e. The zero-order chi connectivity index (χ0) is 15.5. The van der Waals surface area contributed by atoms with Gasteiger partial charge in [0.15, 0.2) is 11.6 Å². The van der Waals surface area contributed by atoms with Crippen LogP contribution in [-0.2, 0) is 17.3 Å². The second-order valence-corrected chi connectivity index (χ2v) is 4.22. The number of hydrogen-bond acceptors (Lipinski definition) is 4. The average molecular weight is 299 g/mol. The second-order valence-electron chi connectivity index (χ2n) is 4.22. The van der Waals surface area contributed by atoms with Gasteiger partial charge in [0.2, 0.25) is 0 Å². The van der Waals surface area contributed by atoms with E-state index >= 15 is 0 Å². The maximum atomic E-state index is 12.4. The predicted molar refractivity (Wildman–Crippen MR) is 66.7 cm³/mol. The van der Waals surface area contributed by atoms with Crippen LogP contribution in [0.3, 0.4) is 0 Å². The number of ether oxygens (including phenoxy) is 1. The first kappa shape index (κ1) is 15.1. The molecule has 1 aromatic heterocycles. The molecule has 0 amide bonds. The van der Waals surface area contributed by atoms with E-state index in [0.717, 1.165) is 18.4 Å². The fraction of sp³-hybridized carbons (Fsp3) is 0.286. The third-order valence-electron chi connectivity index (χ3n) is 2.67. The SMILES string of the molecule is CCOC(=O)c1coc(Cc2ccc(C(F)(F)F)cc2)n1. The summed E-state index contributed by atoms with van der Waals surface area (Å²) in [6.07, 6.45) is -3.01. The van der Waals surface area contributed by atoms with E-state index in [2.05, 4.69) is 4.98 Å². The third kappa shape index (κ3) is 3.84. The number of carbonyl (C=O) groups is 1. The number of aromatic nitrogens is 1. The van der Waals surface area contributed by atoms with Gasteiger partial charge in [-0.25, -0.2) is 9.78 Å². The molecule has 112 valence electrons. The van der Waals surface area contributed by atoms with Crippen molar-refractivity contribution in [2.24, 2.45) is 0 Å². The molecule has 4 nitrogen and oxygen atoms in total. The Bertz CT molecular complexity index is 617. The van der Waals surface area contributed by atoms with Crippen LogP contribution < -0.4 is 0 Å². The lowest BCUT2D eigenvalue weighted by molar-refractivity contribution is -0.137. The van der Waals surface area contributed by atoms with E-state index in [1.807, 2.05) is 0 Å². The van der Waals surface area contributed by atoms with Gasteiger partial charge in [-0.1, -0.05) is 12.1 Å². The van der Waals surface area contributed by atoms with Crippen LogP contribution in [0.15, 0.2) is 34.9 Å². The highest BCUT2D eigenvalue weighted by molar-refractivity contribution is 5.86. The van der Waals surface area contributed by atoms with E-state index in [9.17, 15) is 18.0 Å². The Balaban J connectivity index is 2.07. The van der Waals surface area contributed by atoms with Crippen LogP contribution in [0.2, 0.25) is 0 Å². The summed E-state index contributed by atoms with van der Waals surface area (Å²) in [4.78, 5) is 15.3. The summed E-state index contributed by atoms with van der Waals surface area (Å²) in [6, 6.07) is 4.67. The predicted octanol–water partition coefficient (Wildman–Crippen LogP) is 3.46. The van der Waals surface area contributed by atoms with Crippen LogP contribution in [0.4, 0.5) is 13.2 Å². The standard InChI is InChI=1S/C14H12F3NO3/c1-2-20-13(19)11-8-21-12(18-11)7-9-3-5-10(6-4-9)14(15,16)17/h3-6,8H,2,7H2,1H3. The van der Waals surface area contributed by atoms with E-state index < -0.39 is 17.7 Å². The van der Waals surface area contributed by atoms with Gasteiger partial charge in [0, 0.05) is 6.42 Å². The van der Waals surface area contributed by atoms with E-state index in [0.29, 0.717) is 5.56 Å². The van der Waals surface area contributed by atoms with E-state index in [1.54, 1.807) is 6.92 Å². The number of hydrogen-bond donors (Lipinski definition) is 0. The van der Waals surface area contributed by atoms with Gasteiger partial charge < -0.3 is 9.15 Å². The molecule has 0 aliphatic heterocycles. The molecule has 0 spiro atoms. The lowest BCUT2D eigenvalue weighted by Crippen LogP contribution is -2.05. The maximum Gasteiger partial charge on any atom is 0.416 e. The Labute approximate surface area is 118 Å². The van der Waals surface area contributed by atoms with Crippen molar-refractivity contribution in [2.45, 2.75) is 19.5 Å². The highest BCUT2D eigenvalue weighted by atomic mass is 19.4. The van der Waals surface area contributed by atoms with Gasteiger partial charge >= 0.3 is 12.1 Å². The van der Waals surface area contributed by atoms with Crippen molar-refractivity contribution < 1.29 is 27.1 Å². The van der Waals surface area contributed by atoms with Gasteiger partial charge in [-0.15, -0.1) is 0 Å². The molecule has 2 aromatic rings. The van der Waals surface area contributed by atoms with Crippen molar-refractivity contribution in [2.75, 3.05) is 6.61 Å². The molecule has 7 heteroatoms. The molecule has 21 heavy (non-hydrogen) atoms. The minimum Gasteiger partial charge on any atom is -0.461 e. The monoisotopic (exact) mass is 299 g/mol. The lowest BCUT2D eigenvalue weighted by atomic mass is 10.1. The topological polar surface area (TPSA) is 52.3 Å². The van der Waals surface area contributed by atoms with Crippen LogP contribution in [0.5, 0.6) is 0 Å². The molecule has 0 bridgehead atoms. The van der Waals surface area contributed by atoms with E-state index in [-0.39, 0.29) is 24.6 Å². The zero-order valence-corrected chi connectivity index (χ0v) is 11.1. The third-order valence-corrected chi connectivity index (χ3v) is 2.67. The van der Waals surface area contributed by atoms with Crippen molar-refractivity contribution >= 4 is 5.97 Å². The Morgan fingerprint density at radius 1 is 1.29 bits per heavy atom. The van der Waals surface area contributed by atoms with Crippen LogP contribution in [0.25, 0.3) is 0 Å². The summed E-state index contributed by atoms with van der Waals surface area (Å²) in [7, 11) is 0. The summed E-state index contributed by atoms with van der Waals surface area (Å²) in [5.74, 6) is -0.363. The van der Waals surface area contributed by atoms with E-state index in [1.165, 1.54) is 12.1 Å². The number of nitrogens with zero attached hydrogens (tertiary/aromatic N) is 1. The van der Waals surface area contributed by atoms with Crippen molar-refractivity contribution in [1.29, 1.82) is 0 Å². The summed E-state index contributed by atoms with van der Waals surface area (Å²) in [5, 5.41) is 0. The normalized spacial score (nSPS) is 11.4. The minimum atomic E-state index is -4.36. The molecule has 0 unspecified atom stereocenters. The van der Waals surface area contributed by atoms with E-state index in [4.69, 9.17) is 9.15 Å². The fourth-order valence-electron chi connectivity index (χ4n) is 1.68. The molecule has 0 aliphatic rings. The number of halogens is 3. The molecular formula is C14H12F3NO3. The number of esters is 1. The molecule has 2 rings (SSSR count). The minimum absolute atomic E-state index is 0.0405. The molecule has 0 fully saturated rings. The van der Waals surface area contributed by atoms with Crippen LogP contribution >= 0.6 is 0 Å². The highest BCUT2D eigenvalue weighted by Crippen LogP contribution is 2.29. The van der Waals surface area contributed by atoms with Gasteiger partial charge in [-0.3, -0.25) is 0 Å². The number of benzene rings is 1. The first-order chi connectivity index (χ1) is 9.90. The lowest BCUT2D eigenvalue weighted by Gasteiger charge is -2.06. The van der Waals surface area contributed by atoms with Crippen molar-refractivity contribution in [3.05, 3.63) is 53.2 Å². The molecule has 1 heterocycles. The van der Waals surface area contributed by atoms with Gasteiger partial charge in [0.25, 0.3) is 0 Å². The maximum absolute atomic E-state index is 12.4. The molecule has 0 aliphatic carbocycles. The molecule has 0 atom stereocenters. The Hall–Kier alpha value is -2.31. The fourth-order valence-corrected chi connectivity index (χ4v) is 1.68. The van der Waals surface area contributed by atoms with Crippen molar-refractivity contribution in [1.82, 2.24) is 4.98 Å². The second kappa shape index (κ2) is 5.99. The zero-order valence-electron chi connectivity index (χ0n) is 11.1. The first-order valence-electron chi connectivity index (χ1n) is 6.18. The van der Waals surface area contributed by atoms with Gasteiger partial charge in [-0.05, 0) is 24.6 Å². The number of oxazole rings is 1. The molecular weight excluding hydrogens is 287 g/mol. The first-order valence-corrected chi connectivity index (χ1v) is 6.18. The smallest absolute Gasteiger partial charge is 0.416 e. The molecule has 0 saturated heterocycles. The van der Waals surface area contributed by atoms with Crippen molar-refractivity contribution in [3.63, 3.8) is 0 Å². The van der Waals surface area contributed by atoms with Crippen LogP contribution in [0, 0.1) is 0 Å². The Morgan fingerprint density at radius 3 is 2.52 bits per heavy atom. The number of alkyl halides is 3. The summed E-state index contributed by atoms with van der Waals surface area (Å²) >= 11 is 0. The number of rotatable bonds is 4. The summed E-state index contributed by atoms with van der Waals surface area (Å²) in [5.41, 5.74) is -0.0788. The Morgan fingerprint density at radius 2 is 1.95 bits per heavy atom. The summed E-state index contributed by atoms with van der Waals surface area (Å²) < 4.78 is 47.1. The Kier molecular flexibility index (Phi) is 4.30. The quantitative estimate of drug-likeness (QED) is 0.811. The van der Waals surface area contributed by atoms with Gasteiger partial charge in [0.05, 0.1) is 12.2 Å². The highest BCUT2D eigenvalue weighted by Gasteiger charge is 2.29. The number of carbonyl (C=O) groups excluding carboxylic acids is 1. The molecule has 0 N–H and O–H groups in total. The molecule has 0 radical (unpaired) electrons. The van der Waals surface area contributed by atoms with Crippen LogP contribution in [0.1, 0.15) is 34.4 Å².